The third kappa shape index (κ3) is 11.2. The predicted octanol–water partition coefficient (Wildman–Crippen LogP) is -14.1. The number of aliphatic hydroxyl groups excluding tert-OH is 20. The third-order valence-corrected chi connectivity index (χ3v) is 12.4. The molecule has 30 atom stereocenters. The van der Waals surface area contributed by atoms with Crippen molar-refractivity contribution >= 4 is 0 Å². The Balaban J connectivity index is 1.07. The summed E-state index contributed by atoms with van der Waals surface area (Å²) in [6.07, 6.45) is -56.5. The van der Waals surface area contributed by atoms with Gasteiger partial charge in [0.05, 0.1) is 39.6 Å². The van der Waals surface area contributed by atoms with Gasteiger partial charge in [0.25, 0.3) is 0 Å². The van der Waals surface area contributed by atoms with Crippen molar-refractivity contribution in [1.29, 1.82) is 0 Å². The van der Waals surface area contributed by atoms with Crippen LogP contribution in [0.15, 0.2) is 0 Å². The van der Waals surface area contributed by atoms with Gasteiger partial charge in [0, 0.05) is 0 Å². The van der Waals surface area contributed by atoms with E-state index in [1.807, 2.05) is 0 Å². The van der Waals surface area contributed by atoms with E-state index in [4.69, 9.17) is 52.1 Å². The van der Waals surface area contributed by atoms with Crippen LogP contribution in [0.25, 0.3) is 0 Å². The van der Waals surface area contributed by atoms with E-state index in [-0.39, 0.29) is 0 Å². The van der Waals surface area contributed by atoms with Crippen LogP contribution < -0.4 is 0 Å². The average molecular weight is 991 g/mol. The summed E-state index contributed by atoms with van der Waals surface area (Å²) in [6.45, 7) is -5.67. The van der Waals surface area contributed by atoms with Crippen molar-refractivity contribution in [3.05, 3.63) is 0 Å². The molecule has 6 aliphatic heterocycles. The van der Waals surface area contributed by atoms with Crippen molar-refractivity contribution in [3.8, 4) is 0 Å². The minimum atomic E-state index is -2.18. The van der Waals surface area contributed by atoms with Gasteiger partial charge in [0.15, 0.2) is 37.7 Å². The van der Waals surface area contributed by atoms with Crippen molar-refractivity contribution in [2.75, 3.05) is 39.6 Å². The molecule has 6 saturated heterocycles. The summed E-state index contributed by atoms with van der Waals surface area (Å²) in [5, 5.41) is 209. The molecule has 0 amide bonds. The van der Waals surface area contributed by atoms with Crippen LogP contribution in [0.3, 0.4) is 0 Å². The molecule has 0 aromatic heterocycles. The Kier molecular flexibility index (Phi) is 19.4. The van der Waals surface area contributed by atoms with Crippen molar-refractivity contribution in [2.24, 2.45) is 0 Å². The van der Waals surface area contributed by atoms with Crippen LogP contribution in [-0.2, 0) is 52.1 Å². The first-order chi connectivity index (χ1) is 31.8. The molecule has 392 valence electrons. The summed E-state index contributed by atoms with van der Waals surface area (Å²) >= 11 is 0. The highest BCUT2D eigenvalue weighted by molar-refractivity contribution is 5.00. The molecule has 31 heteroatoms. The Hall–Kier alpha value is -1.24. The van der Waals surface area contributed by atoms with E-state index in [0.29, 0.717) is 0 Å². The second-order valence-corrected chi connectivity index (χ2v) is 16.8. The van der Waals surface area contributed by atoms with Crippen LogP contribution in [0.2, 0.25) is 0 Å². The highest BCUT2D eigenvalue weighted by atomic mass is 16.8. The van der Waals surface area contributed by atoms with E-state index in [1.165, 1.54) is 0 Å². The highest BCUT2D eigenvalue weighted by Crippen LogP contribution is 2.36. The SMILES string of the molecule is OC[C@H]1O[C@H](O[C@H]2[C@H](O)[C@@H](O)[C@@H](O[C@H]3[C@H](O)[C@@H](O)[C@@H](O[C@H]4[C@H](O)[C@@H](O)[C@@H](O[C@H]5[C@H](O)[C@@H](O)[C@H](O[C@H]6[C@H](O)[C@@H](O)C(O)O[C@@H]6CO)O[C@@H]5CO)O[C@@H]4CO)O[C@@H]3CO)O[C@@H]2CO)[C@H](O)[C@@H](O)[C@@H]1O. The molecule has 0 aromatic rings. The molecule has 6 fully saturated rings. The number of hydrogen-bond donors (Lipinski definition) is 20. The lowest BCUT2D eigenvalue weighted by Crippen LogP contribution is -2.68. The molecule has 6 aliphatic rings. The molecule has 67 heavy (non-hydrogen) atoms. The molecular weight excluding hydrogens is 928 g/mol. The molecule has 0 radical (unpaired) electrons. The fraction of sp³-hybridized carbons (Fsp3) is 1.00. The minimum absolute atomic E-state index is 0.830. The van der Waals surface area contributed by atoms with Gasteiger partial charge in [-0.05, 0) is 0 Å². The first-order valence-corrected chi connectivity index (χ1v) is 21.1. The topological polar surface area (TPSA) is 506 Å². The van der Waals surface area contributed by atoms with Gasteiger partial charge < -0.3 is 154 Å². The molecule has 31 nitrogen and oxygen atoms in total. The number of hydrogen-bond acceptors (Lipinski definition) is 31. The molecule has 0 aromatic carbocycles. The predicted molar refractivity (Wildman–Crippen MR) is 199 cm³/mol. The summed E-state index contributed by atoms with van der Waals surface area (Å²) in [5.41, 5.74) is 0. The van der Waals surface area contributed by atoms with E-state index >= 15 is 0 Å². The van der Waals surface area contributed by atoms with E-state index in [9.17, 15) is 102 Å². The Labute approximate surface area is 378 Å². The summed E-state index contributed by atoms with van der Waals surface area (Å²) in [5.74, 6) is 0. The quantitative estimate of drug-likeness (QED) is 0.0683. The normalized spacial score (nSPS) is 53.4. The smallest absolute Gasteiger partial charge is 0.187 e. The molecule has 0 saturated carbocycles. The maximum absolute atomic E-state index is 11.2. The van der Waals surface area contributed by atoms with E-state index in [2.05, 4.69) is 0 Å². The molecule has 0 spiro atoms. The lowest BCUT2D eigenvalue weighted by molar-refractivity contribution is -0.396. The molecule has 1 unspecified atom stereocenters. The van der Waals surface area contributed by atoms with E-state index in [1.54, 1.807) is 0 Å². The van der Waals surface area contributed by atoms with Crippen LogP contribution in [0.1, 0.15) is 0 Å². The lowest BCUT2D eigenvalue weighted by Gasteiger charge is -2.49. The Morgan fingerprint density at radius 1 is 0.224 bits per heavy atom. The van der Waals surface area contributed by atoms with Gasteiger partial charge in [-0.3, -0.25) is 0 Å². The standard InChI is InChI=1S/C36H62O31/c37-1-7-13(43)14(44)21(51)32(58-7)64-27-9(3-39)60-34(23(53)16(27)46)66-29-11(5-41)62-36(25(55)18(29)48)67-30-12(6-42)61-35(24(54)19(30)49)65-28-10(4-40)59-33(22(52)17(28)47)63-26-8(2-38)57-31(56)20(50)15(26)45/h7-56H,1-6H2/t7-,8-,9-,10-,11-,12-,13-,14+,15-,16-,17-,18-,19-,20-,21-,22-,23-,24-,25-,26-,27-,28-,29-,30-,31?,32-,33+,34-,35-,36-/m1/s1. The maximum Gasteiger partial charge on any atom is 0.187 e. The first-order valence-electron chi connectivity index (χ1n) is 21.1. The van der Waals surface area contributed by atoms with Gasteiger partial charge in [0.1, 0.15) is 146 Å². The summed E-state index contributed by atoms with van der Waals surface area (Å²) < 4.78 is 60.5. The number of ether oxygens (including phenoxy) is 11. The van der Waals surface area contributed by atoms with E-state index < -0.39 is 224 Å². The van der Waals surface area contributed by atoms with Crippen molar-refractivity contribution in [2.45, 2.75) is 184 Å². The summed E-state index contributed by atoms with van der Waals surface area (Å²) in [7, 11) is 0. The molecule has 20 N–H and O–H groups in total. The number of aliphatic hydroxyl groups is 20. The van der Waals surface area contributed by atoms with Crippen LogP contribution in [0.5, 0.6) is 0 Å². The fourth-order valence-corrected chi connectivity index (χ4v) is 8.52. The van der Waals surface area contributed by atoms with Gasteiger partial charge in [-0.25, -0.2) is 0 Å². The molecule has 0 bridgehead atoms. The molecule has 6 heterocycles. The van der Waals surface area contributed by atoms with Crippen LogP contribution in [-0.4, -0.2) is 326 Å². The summed E-state index contributed by atoms with van der Waals surface area (Å²) in [6, 6.07) is 0. The minimum Gasteiger partial charge on any atom is -0.394 e. The first kappa shape index (κ1) is 55.1. The van der Waals surface area contributed by atoms with Crippen molar-refractivity contribution in [1.82, 2.24) is 0 Å². The third-order valence-electron chi connectivity index (χ3n) is 12.4. The van der Waals surface area contributed by atoms with E-state index in [0.717, 1.165) is 0 Å². The summed E-state index contributed by atoms with van der Waals surface area (Å²) in [4.78, 5) is 0. The van der Waals surface area contributed by atoms with Gasteiger partial charge in [-0.1, -0.05) is 0 Å². The Morgan fingerprint density at radius 2 is 0.433 bits per heavy atom. The zero-order chi connectivity index (χ0) is 49.3. The van der Waals surface area contributed by atoms with Gasteiger partial charge in [0.2, 0.25) is 0 Å². The molecule has 6 rings (SSSR count). The van der Waals surface area contributed by atoms with Crippen molar-refractivity contribution in [3.63, 3.8) is 0 Å². The molecule has 0 aliphatic carbocycles. The zero-order valence-corrected chi connectivity index (χ0v) is 35.0. The largest absolute Gasteiger partial charge is 0.394 e. The van der Waals surface area contributed by atoms with Crippen LogP contribution >= 0.6 is 0 Å². The average Bonchev–Trinajstić information content (AvgIpc) is 3.32. The second kappa shape index (κ2) is 23.5. The van der Waals surface area contributed by atoms with Gasteiger partial charge in [-0.2, -0.15) is 0 Å². The van der Waals surface area contributed by atoms with Crippen molar-refractivity contribution < 1.29 is 154 Å². The highest BCUT2D eigenvalue weighted by Gasteiger charge is 2.57. The Bertz CT molecular complexity index is 1500. The Morgan fingerprint density at radius 3 is 0.687 bits per heavy atom. The van der Waals surface area contributed by atoms with Crippen LogP contribution in [0.4, 0.5) is 0 Å². The van der Waals surface area contributed by atoms with Crippen LogP contribution in [0, 0.1) is 0 Å². The van der Waals surface area contributed by atoms with Gasteiger partial charge in [-0.15, -0.1) is 0 Å². The number of rotatable bonds is 16. The fourth-order valence-electron chi connectivity index (χ4n) is 8.52. The van der Waals surface area contributed by atoms with Gasteiger partial charge >= 0.3 is 0 Å². The maximum atomic E-state index is 11.2. The monoisotopic (exact) mass is 990 g/mol. The zero-order valence-electron chi connectivity index (χ0n) is 35.0. The second-order valence-electron chi connectivity index (χ2n) is 16.8. The lowest BCUT2D eigenvalue weighted by atomic mass is 9.95. The molecular formula is C36H62O31.